The number of nitrogens with one attached hydrogen (secondary N) is 1. The summed E-state index contributed by atoms with van der Waals surface area (Å²) >= 11 is 1.28. The van der Waals surface area contributed by atoms with Crippen molar-refractivity contribution in [2.24, 2.45) is 5.10 Å². The van der Waals surface area contributed by atoms with E-state index in [0.29, 0.717) is 22.5 Å². The average molecular weight is 489 g/mol. The van der Waals surface area contributed by atoms with Gasteiger partial charge in [0.25, 0.3) is 5.91 Å². The number of aromatic nitrogens is 4. The molecule has 0 saturated carbocycles. The van der Waals surface area contributed by atoms with Gasteiger partial charge in [0.15, 0.2) is 22.5 Å². The van der Waals surface area contributed by atoms with E-state index in [-0.39, 0.29) is 11.7 Å². The van der Waals surface area contributed by atoms with E-state index in [1.54, 1.807) is 45.0 Å². The fourth-order valence-corrected chi connectivity index (χ4v) is 4.00. The Kier molecular flexibility index (Phi) is 7.74. The standard InChI is InChI=1S/C25H24N6O3S/c1-17-4-7-20(8-5-17)31-24(19-10-12-26-13-11-19)29-30-25(31)35-16-23(32)28-27-15-18-6-9-21(33-2)22(14-18)34-3/h4-15H,16H2,1-3H3,(H,28,32)/b27-15-. The molecule has 0 radical (unpaired) electrons. The summed E-state index contributed by atoms with van der Waals surface area (Å²) in [5.41, 5.74) is 6.23. The van der Waals surface area contributed by atoms with Crippen molar-refractivity contribution in [2.75, 3.05) is 20.0 Å². The Morgan fingerprint density at radius 3 is 2.49 bits per heavy atom. The molecule has 4 rings (SSSR count). The molecule has 0 saturated heterocycles. The highest BCUT2D eigenvalue weighted by atomic mass is 32.2. The lowest BCUT2D eigenvalue weighted by Crippen LogP contribution is -2.20. The zero-order chi connectivity index (χ0) is 24.6. The average Bonchev–Trinajstić information content (AvgIpc) is 3.32. The van der Waals surface area contributed by atoms with Gasteiger partial charge in [-0.05, 0) is 55.0 Å². The van der Waals surface area contributed by atoms with Crippen LogP contribution in [0.5, 0.6) is 11.5 Å². The van der Waals surface area contributed by atoms with E-state index in [1.165, 1.54) is 11.8 Å². The first-order valence-corrected chi connectivity index (χ1v) is 11.7. The third-order valence-corrected chi connectivity index (χ3v) is 5.94. The molecule has 2 aromatic heterocycles. The van der Waals surface area contributed by atoms with Crippen molar-refractivity contribution in [3.05, 3.63) is 78.1 Å². The number of thioether (sulfide) groups is 1. The lowest BCUT2D eigenvalue weighted by molar-refractivity contribution is -0.118. The summed E-state index contributed by atoms with van der Waals surface area (Å²) in [4.78, 5) is 16.5. The molecule has 0 aliphatic heterocycles. The van der Waals surface area contributed by atoms with Crippen LogP contribution in [0.4, 0.5) is 0 Å². The fourth-order valence-electron chi connectivity index (χ4n) is 3.25. The number of carbonyl (C=O) groups is 1. The zero-order valence-corrected chi connectivity index (χ0v) is 20.3. The van der Waals surface area contributed by atoms with Crippen LogP contribution in [0.1, 0.15) is 11.1 Å². The van der Waals surface area contributed by atoms with E-state index in [9.17, 15) is 4.79 Å². The quantitative estimate of drug-likeness (QED) is 0.216. The van der Waals surface area contributed by atoms with Crippen molar-refractivity contribution in [3.8, 4) is 28.6 Å². The molecule has 0 aliphatic carbocycles. The van der Waals surface area contributed by atoms with Gasteiger partial charge in [-0.2, -0.15) is 5.10 Å². The number of amides is 1. The van der Waals surface area contributed by atoms with Crippen LogP contribution in [0.15, 0.2) is 77.2 Å². The topological polar surface area (TPSA) is 104 Å². The van der Waals surface area contributed by atoms with Crippen LogP contribution in [-0.4, -0.2) is 51.8 Å². The number of pyridine rings is 1. The Morgan fingerprint density at radius 2 is 1.77 bits per heavy atom. The van der Waals surface area contributed by atoms with Gasteiger partial charge in [-0.3, -0.25) is 14.3 Å². The molecule has 0 aliphatic rings. The Bertz CT molecular complexity index is 1320. The number of hydrogen-bond acceptors (Lipinski definition) is 8. The molecule has 178 valence electrons. The summed E-state index contributed by atoms with van der Waals surface area (Å²) in [5, 5.41) is 13.4. The minimum atomic E-state index is -0.268. The molecule has 0 fully saturated rings. The normalized spacial score (nSPS) is 10.9. The Balaban J connectivity index is 1.46. The summed E-state index contributed by atoms with van der Waals surface area (Å²) in [6.07, 6.45) is 4.96. The molecule has 4 aromatic rings. The molecule has 2 aromatic carbocycles. The monoisotopic (exact) mass is 488 g/mol. The molecule has 0 bridgehead atoms. The first-order valence-electron chi connectivity index (χ1n) is 10.7. The molecule has 9 nitrogen and oxygen atoms in total. The number of carbonyl (C=O) groups excluding carboxylic acids is 1. The summed E-state index contributed by atoms with van der Waals surface area (Å²) in [6, 6.07) is 17.2. The Hall–Kier alpha value is -4.18. The molecular weight excluding hydrogens is 464 g/mol. The number of hydrogen-bond donors (Lipinski definition) is 1. The largest absolute Gasteiger partial charge is 0.493 e. The number of benzene rings is 2. The van der Waals surface area contributed by atoms with Crippen molar-refractivity contribution in [2.45, 2.75) is 12.1 Å². The van der Waals surface area contributed by atoms with Gasteiger partial charge in [0, 0.05) is 23.6 Å². The van der Waals surface area contributed by atoms with Gasteiger partial charge in [0.1, 0.15) is 0 Å². The molecule has 0 spiro atoms. The third kappa shape index (κ3) is 5.85. The molecule has 0 unspecified atom stereocenters. The van der Waals surface area contributed by atoms with Gasteiger partial charge in [-0.15, -0.1) is 10.2 Å². The maximum Gasteiger partial charge on any atom is 0.250 e. The van der Waals surface area contributed by atoms with Crippen LogP contribution >= 0.6 is 11.8 Å². The lowest BCUT2D eigenvalue weighted by Gasteiger charge is -2.10. The number of hydrazone groups is 1. The molecular formula is C25H24N6O3S. The van der Waals surface area contributed by atoms with Crippen LogP contribution in [0.2, 0.25) is 0 Å². The van der Waals surface area contributed by atoms with Gasteiger partial charge >= 0.3 is 0 Å². The van der Waals surface area contributed by atoms with Crippen LogP contribution in [0.25, 0.3) is 17.1 Å². The highest BCUT2D eigenvalue weighted by Crippen LogP contribution is 2.28. The van der Waals surface area contributed by atoms with E-state index >= 15 is 0 Å². The molecule has 2 heterocycles. The first kappa shape index (κ1) is 24.0. The van der Waals surface area contributed by atoms with Crippen molar-refractivity contribution >= 4 is 23.9 Å². The van der Waals surface area contributed by atoms with Gasteiger partial charge in [0.2, 0.25) is 0 Å². The number of rotatable bonds is 9. The zero-order valence-electron chi connectivity index (χ0n) is 19.5. The second kappa shape index (κ2) is 11.3. The number of methoxy groups -OCH3 is 2. The van der Waals surface area contributed by atoms with Crippen LogP contribution in [-0.2, 0) is 4.79 Å². The first-order chi connectivity index (χ1) is 17.1. The number of aryl methyl sites for hydroxylation is 1. The minimum Gasteiger partial charge on any atom is -0.493 e. The highest BCUT2D eigenvalue weighted by molar-refractivity contribution is 7.99. The van der Waals surface area contributed by atoms with Crippen LogP contribution < -0.4 is 14.9 Å². The molecule has 0 atom stereocenters. The van der Waals surface area contributed by atoms with Crippen molar-refractivity contribution in [1.29, 1.82) is 0 Å². The molecule has 1 amide bonds. The number of ether oxygens (including phenoxy) is 2. The minimum absolute atomic E-state index is 0.115. The number of nitrogens with zero attached hydrogens (tertiary/aromatic N) is 5. The van der Waals surface area contributed by atoms with E-state index < -0.39 is 0 Å². The van der Waals surface area contributed by atoms with Gasteiger partial charge in [0.05, 0.1) is 26.2 Å². The Labute approximate surface area is 207 Å². The van der Waals surface area contributed by atoms with E-state index in [4.69, 9.17) is 9.47 Å². The molecule has 10 heteroatoms. The smallest absolute Gasteiger partial charge is 0.250 e. The molecule has 1 N–H and O–H groups in total. The van der Waals surface area contributed by atoms with Gasteiger partial charge in [-0.25, -0.2) is 5.43 Å². The van der Waals surface area contributed by atoms with Crippen LogP contribution in [0.3, 0.4) is 0 Å². The van der Waals surface area contributed by atoms with Crippen molar-refractivity contribution < 1.29 is 14.3 Å². The SMILES string of the molecule is COc1ccc(/C=N\NC(=O)CSc2nnc(-c3ccncc3)n2-c2ccc(C)cc2)cc1OC. The van der Waals surface area contributed by atoms with Crippen LogP contribution in [0, 0.1) is 6.92 Å². The second-order valence-corrected chi connectivity index (χ2v) is 8.35. The van der Waals surface area contributed by atoms with E-state index in [1.807, 2.05) is 54.0 Å². The van der Waals surface area contributed by atoms with Gasteiger partial charge in [-0.1, -0.05) is 29.5 Å². The summed E-state index contributed by atoms with van der Waals surface area (Å²) in [6.45, 7) is 2.03. The predicted molar refractivity (Wildman–Crippen MR) is 135 cm³/mol. The second-order valence-electron chi connectivity index (χ2n) is 7.41. The van der Waals surface area contributed by atoms with Crippen molar-refractivity contribution in [3.63, 3.8) is 0 Å². The summed E-state index contributed by atoms with van der Waals surface area (Å²) in [7, 11) is 3.14. The summed E-state index contributed by atoms with van der Waals surface area (Å²) < 4.78 is 12.4. The van der Waals surface area contributed by atoms with E-state index in [2.05, 4.69) is 25.7 Å². The van der Waals surface area contributed by atoms with E-state index in [0.717, 1.165) is 22.4 Å². The maximum atomic E-state index is 12.4. The third-order valence-electron chi connectivity index (χ3n) is 5.01. The molecule has 35 heavy (non-hydrogen) atoms. The summed E-state index contributed by atoms with van der Waals surface area (Å²) in [5.74, 6) is 1.72. The fraction of sp³-hybridized carbons (Fsp3) is 0.160. The highest BCUT2D eigenvalue weighted by Gasteiger charge is 2.17. The maximum absolute atomic E-state index is 12.4. The van der Waals surface area contributed by atoms with Gasteiger partial charge < -0.3 is 9.47 Å². The lowest BCUT2D eigenvalue weighted by atomic mass is 10.2. The predicted octanol–water partition coefficient (Wildman–Crippen LogP) is 3.90. The van der Waals surface area contributed by atoms with Crippen molar-refractivity contribution in [1.82, 2.24) is 25.2 Å². The Morgan fingerprint density at radius 1 is 1.03 bits per heavy atom.